The van der Waals surface area contributed by atoms with E-state index >= 15 is 0 Å². The smallest absolute Gasteiger partial charge is 0.449 e. The van der Waals surface area contributed by atoms with Crippen LogP contribution < -0.4 is 10.9 Å². The summed E-state index contributed by atoms with van der Waals surface area (Å²) in [7, 11) is -2.72. The lowest BCUT2D eigenvalue weighted by atomic mass is 10.5. The molecular weight excluding hydrogens is 324 g/mol. The molecule has 136 valence electrons. The fraction of sp³-hybridized carbons (Fsp3) is 0.846. The average Bonchev–Trinajstić information content (AvgIpc) is 2.51. The van der Waals surface area contributed by atoms with Crippen molar-refractivity contribution in [2.75, 3.05) is 33.0 Å². The maximum Gasteiger partial charge on any atom is 0.501 e. The van der Waals surface area contributed by atoms with E-state index in [0.29, 0.717) is 32.3 Å². The zero-order chi connectivity index (χ0) is 17.6. The third-order valence-electron chi connectivity index (χ3n) is 2.50. The SMILES string of the molecule is CCOC(=O)NNC(=O)OCCC[Si](OCC)(OCC)OCC. The standard InChI is InChI=1S/C13H28N2O7Si/c1-5-18-12(16)14-15-13(17)19-10-9-11-23(20-6-2,21-7-3)22-8-4/h5-11H2,1-4H3,(H,14,16)(H,15,17). The molecule has 0 unspecified atom stereocenters. The van der Waals surface area contributed by atoms with Crippen molar-refractivity contribution in [1.29, 1.82) is 0 Å². The van der Waals surface area contributed by atoms with E-state index in [1.807, 2.05) is 20.8 Å². The molecule has 0 heterocycles. The summed E-state index contributed by atoms with van der Waals surface area (Å²) in [5.41, 5.74) is 4.12. The molecule has 0 aliphatic rings. The third kappa shape index (κ3) is 10.1. The second-order valence-electron chi connectivity index (χ2n) is 4.19. The lowest BCUT2D eigenvalue weighted by molar-refractivity contribution is 0.0681. The van der Waals surface area contributed by atoms with Gasteiger partial charge in [-0.15, -0.1) is 0 Å². The zero-order valence-corrected chi connectivity index (χ0v) is 15.3. The van der Waals surface area contributed by atoms with Gasteiger partial charge >= 0.3 is 21.0 Å². The van der Waals surface area contributed by atoms with Crippen LogP contribution in [0.5, 0.6) is 0 Å². The molecule has 0 aromatic rings. The number of nitrogens with one attached hydrogen (secondary N) is 2. The number of carbonyl (C=O) groups is 2. The van der Waals surface area contributed by atoms with Crippen LogP contribution >= 0.6 is 0 Å². The Balaban J connectivity index is 4.08. The summed E-state index contributed by atoms with van der Waals surface area (Å²) in [5, 5.41) is 0. The summed E-state index contributed by atoms with van der Waals surface area (Å²) >= 11 is 0. The van der Waals surface area contributed by atoms with Crippen molar-refractivity contribution >= 4 is 21.0 Å². The second-order valence-corrected chi connectivity index (χ2v) is 6.92. The van der Waals surface area contributed by atoms with Crippen LogP contribution in [0.15, 0.2) is 0 Å². The van der Waals surface area contributed by atoms with Gasteiger partial charge in [-0.3, -0.25) is 0 Å². The Morgan fingerprint density at radius 1 is 0.783 bits per heavy atom. The van der Waals surface area contributed by atoms with Gasteiger partial charge in [0.25, 0.3) is 0 Å². The minimum Gasteiger partial charge on any atom is -0.449 e. The van der Waals surface area contributed by atoms with Crippen LogP contribution in [-0.4, -0.2) is 54.0 Å². The first-order valence-electron chi connectivity index (χ1n) is 7.80. The summed E-state index contributed by atoms with van der Waals surface area (Å²) < 4.78 is 26.6. The van der Waals surface area contributed by atoms with Gasteiger partial charge in [0.15, 0.2) is 0 Å². The zero-order valence-electron chi connectivity index (χ0n) is 14.3. The van der Waals surface area contributed by atoms with Crippen LogP contribution in [0.2, 0.25) is 6.04 Å². The predicted octanol–water partition coefficient (Wildman–Crippen LogP) is 1.81. The normalized spacial score (nSPS) is 11.0. The molecule has 0 aliphatic carbocycles. The largest absolute Gasteiger partial charge is 0.501 e. The first-order valence-corrected chi connectivity index (χ1v) is 9.74. The highest BCUT2D eigenvalue weighted by Crippen LogP contribution is 2.18. The molecule has 0 radical (unpaired) electrons. The molecular formula is C13H28N2O7Si. The Bertz CT molecular complexity index is 327. The van der Waals surface area contributed by atoms with Crippen molar-refractivity contribution in [3.05, 3.63) is 0 Å². The predicted molar refractivity (Wildman–Crippen MR) is 84.7 cm³/mol. The molecule has 0 saturated carbocycles. The Hall–Kier alpha value is -1.36. The Labute approximate surface area is 138 Å². The molecule has 23 heavy (non-hydrogen) atoms. The van der Waals surface area contributed by atoms with E-state index in [0.717, 1.165) is 0 Å². The van der Waals surface area contributed by atoms with E-state index in [9.17, 15) is 9.59 Å². The van der Waals surface area contributed by atoms with Gasteiger partial charge < -0.3 is 22.8 Å². The summed E-state index contributed by atoms with van der Waals surface area (Å²) in [5.74, 6) is 0. The van der Waals surface area contributed by atoms with Crippen molar-refractivity contribution in [1.82, 2.24) is 10.9 Å². The minimum atomic E-state index is -2.72. The lowest BCUT2D eigenvalue weighted by Crippen LogP contribution is -2.46. The number of carbonyl (C=O) groups excluding carboxylic acids is 2. The fourth-order valence-electron chi connectivity index (χ4n) is 1.76. The quantitative estimate of drug-likeness (QED) is 0.332. The summed E-state index contributed by atoms with van der Waals surface area (Å²) in [6.45, 7) is 9.15. The van der Waals surface area contributed by atoms with Crippen molar-refractivity contribution in [3.63, 3.8) is 0 Å². The highest BCUT2D eigenvalue weighted by Gasteiger charge is 2.39. The third-order valence-corrected chi connectivity index (χ3v) is 5.65. The molecule has 0 atom stereocenters. The first-order chi connectivity index (χ1) is 11.0. The molecule has 0 saturated heterocycles. The van der Waals surface area contributed by atoms with E-state index in [1.54, 1.807) is 6.92 Å². The van der Waals surface area contributed by atoms with Crippen LogP contribution in [0.25, 0.3) is 0 Å². The van der Waals surface area contributed by atoms with Gasteiger partial charge in [-0.1, -0.05) is 0 Å². The van der Waals surface area contributed by atoms with Crippen molar-refractivity contribution < 1.29 is 32.3 Å². The highest BCUT2D eigenvalue weighted by atomic mass is 28.4. The van der Waals surface area contributed by atoms with Gasteiger partial charge in [-0.05, 0) is 34.1 Å². The van der Waals surface area contributed by atoms with Crippen LogP contribution in [0.3, 0.4) is 0 Å². The van der Waals surface area contributed by atoms with Crippen LogP contribution in [0.4, 0.5) is 9.59 Å². The van der Waals surface area contributed by atoms with Gasteiger partial charge in [0.05, 0.1) is 13.2 Å². The molecule has 2 amide bonds. The monoisotopic (exact) mass is 352 g/mol. The van der Waals surface area contributed by atoms with E-state index in [1.165, 1.54) is 0 Å². The maximum atomic E-state index is 11.4. The molecule has 0 bridgehead atoms. The van der Waals surface area contributed by atoms with E-state index in [2.05, 4.69) is 15.6 Å². The van der Waals surface area contributed by atoms with Crippen molar-refractivity contribution in [2.24, 2.45) is 0 Å². The average molecular weight is 352 g/mol. The van der Waals surface area contributed by atoms with Crippen LogP contribution in [-0.2, 0) is 22.8 Å². The molecule has 0 fully saturated rings. The topological polar surface area (TPSA) is 104 Å². The van der Waals surface area contributed by atoms with Crippen molar-refractivity contribution in [2.45, 2.75) is 40.2 Å². The summed E-state index contributed by atoms with van der Waals surface area (Å²) in [6.07, 6.45) is -0.992. The van der Waals surface area contributed by atoms with Gasteiger partial charge in [-0.2, -0.15) is 0 Å². The molecule has 9 nitrogen and oxygen atoms in total. The van der Waals surface area contributed by atoms with Gasteiger partial charge in [0.2, 0.25) is 0 Å². The Morgan fingerprint density at radius 2 is 1.26 bits per heavy atom. The number of amides is 2. The van der Waals surface area contributed by atoms with Crippen LogP contribution in [0.1, 0.15) is 34.1 Å². The second kappa shape index (κ2) is 13.1. The van der Waals surface area contributed by atoms with Gasteiger partial charge in [0.1, 0.15) is 0 Å². The highest BCUT2D eigenvalue weighted by molar-refractivity contribution is 6.60. The number of ether oxygens (including phenoxy) is 2. The van der Waals surface area contributed by atoms with Crippen LogP contribution in [0, 0.1) is 0 Å². The Morgan fingerprint density at radius 3 is 1.70 bits per heavy atom. The van der Waals surface area contributed by atoms with Gasteiger partial charge in [0, 0.05) is 25.9 Å². The maximum absolute atomic E-state index is 11.4. The van der Waals surface area contributed by atoms with E-state index in [4.69, 9.17) is 18.0 Å². The number of hydrogen-bond donors (Lipinski definition) is 2. The lowest BCUT2D eigenvalue weighted by Gasteiger charge is -2.28. The molecule has 0 aliphatic heterocycles. The van der Waals surface area contributed by atoms with Crippen molar-refractivity contribution in [3.8, 4) is 0 Å². The first kappa shape index (κ1) is 21.6. The number of rotatable bonds is 11. The Kier molecular flexibility index (Phi) is 12.3. The number of hydrogen-bond acceptors (Lipinski definition) is 7. The molecule has 0 rings (SSSR count). The van der Waals surface area contributed by atoms with E-state index in [-0.39, 0.29) is 13.2 Å². The number of hydrazine groups is 1. The van der Waals surface area contributed by atoms with Gasteiger partial charge in [-0.25, -0.2) is 20.4 Å². The molecule has 2 N–H and O–H groups in total. The summed E-state index contributed by atoms with van der Waals surface area (Å²) in [4.78, 5) is 22.3. The molecule has 0 spiro atoms. The molecule has 0 aromatic heterocycles. The molecule has 10 heteroatoms. The summed E-state index contributed by atoms with van der Waals surface area (Å²) in [6, 6.07) is 0.543. The molecule has 0 aromatic carbocycles. The van der Waals surface area contributed by atoms with E-state index < -0.39 is 21.0 Å². The minimum absolute atomic E-state index is 0.151. The fourth-order valence-corrected chi connectivity index (χ4v) is 4.34.